The SMILES string of the molecule is Cc1cc(C(=O)N[C@H]2CN3CCC2CC3)oc1C. The number of carbonyl (C=O) groups excluding carboxylic acids is 1. The zero-order valence-corrected chi connectivity index (χ0v) is 11.0. The van der Waals surface area contributed by atoms with Gasteiger partial charge in [0.1, 0.15) is 5.76 Å². The van der Waals surface area contributed by atoms with E-state index in [1.807, 2.05) is 19.9 Å². The second-order valence-electron chi connectivity index (χ2n) is 5.57. The van der Waals surface area contributed by atoms with Crippen LogP contribution in [-0.4, -0.2) is 36.5 Å². The average molecular weight is 248 g/mol. The molecule has 18 heavy (non-hydrogen) atoms. The van der Waals surface area contributed by atoms with Gasteiger partial charge in [0, 0.05) is 12.6 Å². The largest absolute Gasteiger partial charge is 0.456 e. The number of hydrogen-bond acceptors (Lipinski definition) is 3. The lowest BCUT2D eigenvalue weighted by atomic mass is 9.84. The molecule has 4 heterocycles. The number of carbonyl (C=O) groups is 1. The van der Waals surface area contributed by atoms with Gasteiger partial charge in [0.2, 0.25) is 0 Å². The van der Waals surface area contributed by atoms with Crippen molar-refractivity contribution in [2.45, 2.75) is 32.7 Å². The van der Waals surface area contributed by atoms with Gasteiger partial charge in [0.15, 0.2) is 5.76 Å². The Labute approximate surface area is 107 Å². The first-order valence-corrected chi connectivity index (χ1v) is 6.74. The minimum absolute atomic E-state index is 0.0649. The van der Waals surface area contributed by atoms with Gasteiger partial charge in [-0.3, -0.25) is 4.79 Å². The van der Waals surface area contributed by atoms with Crippen molar-refractivity contribution >= 4 is 5.91 Å². The molecule has 3 aliphatic rings. The third-order valence-corrected chi connectivity index (χ3v) is 4.36. The van der Waals surface area contributed by atoms with E-state index in [9.17, 15) is 4.79 Å². The van der Waals surface area contributed by atoms with Crippen LogP contribution in [0.2, 0.25) is 0 Å². The minimum atomic E-state index is -0.0649. The van der Waals surface area contributed by atoms with E-state index in [2.05, 4.69) is 10.2 Å². The first-order chi connectivity index (χ1) is 8.63. The van der Waals surface area contributed by atoms with E-state index < -0.39 is 0 Å². The summed E-state index contributed by atoms with van der Waals surface area (Å²) in [6.07, 6.45) is 2.42. The molecule has 3 fully saturated rings. The van der Waals surface area contributed by atoms with Gasteiger partial charge in [-0.15, -0.1) is 0 Å². The predicted molar refractivity (Wildman–Crippen MR) is 68.6 cm³/mol. The van der Waals surface area contributed by atoms with Crippen molar-refractivity contribution in [2.75, 3.05) is 19.6 Å². The average Bonchev–Trinajstić information content (AvgIpc) is 2.71. The summed E-state index contributed by atoms with van der Waals surface area (Å²) < 4.78 is 5.47. The van der Waals surface area contributed by atoms with E-state index in [1.54, 1.807) is 0 Å². The Morgan fingerprint density at radius 2 is 2.11 bits per heavy atom. The Balaban J connectivity index is 1.67. The van der Waals surface area contributed by atoms with Crippen LogP contribution in [0.3, 0.4) is 0 Å². The second-order valence-corrected chi connectivity index (χ2v) is 5.57. The summed E-state index contributed by atoms with van der Waals surface area (Å²) in [6, 6.07) is 2.12. The maximum Gasteiger partial charge on any atom is 0.287 e. The van der Waals surface area contributed by atoms with Crippen molar-refractivity contribution in [1.29, 1.82) is 0 Å². The van der Waals surface area contributed by atoms with E-state index >= 15 is 0 Å². The smallest absolute Gasteiger partial charge is 0.287 e. The third-order valence-electron chi connectivity index (χ3n) is 4.36. The van der Waals surface area contributed by atoms with Crippen molar-refractivity contribution in [1.82, 2.24) is 10.2 Å². The van der Waals surface area contributed by atoms with E-state index in [0.717, 1.165) is 17.9 Å². The molecule has 1 aromatic rings. The number of furan rings is 1. The van der Waals surface area contributed by atoms with Crippen LogP contribution >= 0.6 is 0 Å². The van der Waals surface area contributed by atoms with Crippen LogP contribution in [0.4, 0.5) is 0 Å². The maximum absolute atomic E-state index is 12.1. The highest BCUT2D eigenvalue weighted by atomic mass is 16.3. The van der Waals surface area contributed by atoms with Gasteiger partial charge >= 0.3 is 0 Å². The lowest BCUT2D eigenvalue weighted by molar-refractivity contribution is 0.0605. The second kappa shape index (κ2) is 4.43. The van der Waals surface area contributed by atoms with Gasteiger partial charge in [-0.05, 0) is 57.3 Å². The standard InChI is InChI=1S/C14H20N2O2/c1-9-7-13(18-10(9)2)14(17)15-12-8-16-5-3-11(12)4-6-16/h7,11-12H,3-6,8H2,1-2H3,(H,15,17)/t12-/m0/s1. The summed E-state index contributed by atoms with van der Waals surface area (Å²) >= 11 is 0. The van der Waals surface area contributed by atoms with Crippen LogP contribution in [0.15, 0.2) is 10.5 Å². The van der Waals surface area contributed by atoms with Crippen molar-refractivity contribution in [3.8, 4) is 0 Å². The normalized spacial score (nSPS) is 30.4. The zero-order valence-electron chi connectivity index (χ0n) is 11.0. The number of piperidine rings is 3. The van der Waals surface area contributed by atoms with Crippen LogP contribution in [0.1, 0.15) is 34.7 Å². The summed E-state index contributed by atoms with van der Waals surface area (Å²) in [7, 11) is 0. The van der Waals surface area contributed by atoms with Crippen LogP contribution in [0.25, 0.3) is 0 Å². The van der Waals surface area contributed by atoms with Crippen LogP contribution in [0.5, 0.6) is 0 Å². The Morgan fingerprint density at radius 1 is 1.39 bits per heavy atom. The molecule has 1 atom stereocenters. The summed E-state index contributed by atoms with van der Waals surface area (Å²) in [5.74, 6) is 1.86. The lowest BCUT2D eigenvalue weighted by Gasteiger charge is -2.44. The number of hydrogen-bond donors (Lipinski definition) is 1. The Hall–Kier alpha value is -1.29. The summed E-state index contributed by atoms with van der Waals surface area (Å²) in [5, 5.41) is 3.13. The molecule has 0 radical (unpaired) electrons. The van der Waals surface area contributed by atoms with E-state index in [4.69, 9.17) is 4.42 Å². The third kappa shape index (κ3) is 2.05. The topological polar surface area (TPSA) is 45.5 Å². The molecular weight excluding hydrogens is 228 g/mol. The molecular formula is C14H20N2O2. The molecule has 3 aliphatic heterocycles. The number of nitrogens with one attached hydrogen (secondary N) is 1. The van der Waals surface area contributed by atoms with Crippen LogP contribution < -0.4 is 5.32 Å². The van der Waals surface area contributed by atoms with Gasteiger partial charge in [0.25, 0.3) is 5.91 Å². The van der Waals surface area contributed by atoms with Crippen LogP contribution in [0, 0.1) is 19.8 Å². The number of amides is 1. The highest BCUT2D eigenvalue weighted by Gasteiger charge is 2.35. The van der Waals surface area contributed by atoms with Crippen molar-refractivity contribution in [2.24, 2.45) is 5.92 Å². The van der Waals surface area contributed by atoms with Crippen LogP contribution in [-0.2, 0) is 0 Å². The van der Waals surface area contributed by atoms with Gasteiger partial charge in [0.05, 0.1) is 0 Å². The number of nitrogens with zero attached hydrogens (tertiary/aromatic N) is 1. The molecule has 0 saturated carbocycles. The molecule has 98 valence electrons. The summed E-state index contributed by atoms with van der Waals surface area (Å²) in [4.78, 5) is 14.6. The monoisotopic (exact) mass is 248 g/mol. The molecule has 0 spiro atoms. The fraction of sp³-hybridized carbons (Fsp3) is 0.643. The highest BCUT2D eigenvalue weighted by molar-refractivity contribution is 5.92. The summed E-state index contributed by atoms with van der Waals surface area (Å²) in [5.41, 5.74) is 1.04. The number of rotatable bonds is 2. The molecule has 2 bridgehead atoms. The molecule has 1 aromatic heterocycles. The van der Waals surface area contributed by atoms with Crippen molar-refractivity contribution < 1.29 is 9.21 Å². The zero-order chi connectivity index (χ0) is 12.7. The molecule has 1 N–H and O–H groups in total. The molecule has 4 nitrogen and oxygen atoms in total. The first-order valence-electron chi connectivity index (χ1n) is 6.74. The minimum Gasteiger partial charge on any atom is -0.456 e. The predicted octanol–water partition coefficient (Wildman–Crippen LogP) is 1.72. The maximum atomic E-state index is 12.1. The van der Waals surface area contributed by atoms with E-state index in [-0.39, 0.29) is 5.91 Å². The molecule has 0 aliphatic carbocycles. The first kappa shape index (κ1) is 11.8. The highest BCUT2D eigenvalue weighted by Crippen LogP contribution is 2.27. The number of fused-ring (bicyclic) bond motifs is 3. The molecule has 4 rings (SSSR count). The van der Waals surface area contributed by atoms with E-state index in [0.29, 0.717) is 17.7 Å². The lowest BCUT2D eigenvalue weighted by Crippen LogP contribution is -2.57. The molecule has 0 unspecified atom stereocenters. The molecule has 4 heteroatoms. The Bertz CT molecular complexity index is 439. The van der Waals surface area contributed by atoms with E-state index in [1.165, 1.54) is 25.9 Å². The Kier molecular flexibility index (Phi) is 2.90. The van der Waals surface area contributed by atoms with Crippen molar-refractivity contribution in [3.63, 3.8) is 0 Å². The fourth-order valence-electron chi connectivity index (χ4n) is 3.05. The van der Waals surface area contributed by atoms with Gasteiger partial charge < -0.3 is 14.6 Å². The quantitative estimate of drug-likeness (QED) is 0.866. The van der Waals surface area contributed by atoms with Gasteiger partial charge in [-0.25, -0.2) is 0 Å². The van der Waals surface area contributed by atoms with Gasteiger partial charge in [-0.2, -0.15) is 0 Å². The molecule has 3 saturated heterocycles. The van der Waals surface area contributed by atoms with Crippen molar-refractivity contribution in [3.05, 3.63) is 23.2 Å². The molecule has 0 aromatic carbocycles. The molecule has 1 amide bonds. The van der Waals surface area contributed by atoms with Gasteiger partial charge in [-0.1, -0.05) is 0 Å². The fourth-order valence-corrected chi connectivity index (χ4v) is 3.05. The number of aryl methyl sites for hydroxylation is 2. The Morgan fingerprint density at radius 3 is 2.61 bits per heavy atom. The summed E-state index contributed by atoms with van der Waals surface area (Å²) in [6.45, 7) is 7.23.